The van der Waals surface area contributed by atoms with Gasteiger partial charge in [0, 0.05) is 24.2 Å². The van der Waals surface area contributed by atoms with Crippen LogP contribution in [-0.4, -0.2) is 54.7 Å². The lowest BCUT2D eigenvalue weighted by atomic mass is 10.0. The molecule has 1 amide bonds. The molecule has 1 fully saturated rings. The van der Waals surface area contributed by atoms with Gasteiger partial charge in [0.1, 0.15) is 5.82 Å². The quantitative estimate of drug-likeness (QED) is 0.276. The molecule has 3 aromatic rings. The van der Waals surface area contributed by atoms with Crippen molar-refractivity contribution in [2.75, 3.05) is 37.0 Å². The molecule has 0 saturated carbocycles. The average molecular weight is 541 g/mol. The summed E-state index contributed by atoms with van der Waals surface area (Å²) in [6.45, 7) is 1.26. The first-order chi connectivity index (χ1) is 18.0. The van der Waals surface area contributed by atoms with E-state index in [1.54, 1.807) is 7.05 Å². The highest BCUT2D eigenvalue weighted by Crippen LogP contribution is 2.39. The Balaban J connectivity index is 1.65. The summed E-state index contributed by atoms with van der Waals surface area (Å²) >= 11 is 0. The molecule has 1 aromatic heterocycles. The fourth-order valence-electron chi connectivity index (χ4n) is 4.42. The number of likely N-dealkylation sites (tertiary alicyclic amines) is 1. The van der Waals surface area contributed by atoms with Crippen LogP contribution in [0.25, 0.3) is 11.5 Å². The van der Waals surface area contributed by atoms with Crippen molar-refractivity contribution >= 4 is 17.8 Å². The van der Waals surface area contributed by atoms with E-state index in [9.17, 15) is 31.1 Å². The molecule has 0 bridgehead atoms. The maximum Gasteiger partial charge on any atom is 0.416 e. The first-order valence-corrected chi connectivity index (χ1v) is 11.7. The Hall–Kier alpha value is -3.61. The second-order valence-electron chi connectivity index (χ2n) is 9.13. The number of alkyl halides is 5. The summed E-state index contributed by atoms with van der Waals surface area (Å²) in [5.41, 5.74) is -0.535. The summed E-state index contributed by atoms with van der Waals surface area (Å²) in [6.07, 6.45) is -5.72. The number of rotatable bonds is 8. The Morgan fingerprint density at radius 1 is 1.11 bits per heavy atom. The molecule has 7 nitrogen and oxygen atoms in total. The van der Waals surface area contributed by atoms with Gasteiger partial charge in [0.15, 0.2) is 0 Å². The molecule has 1 aliphatic heterocycles. The number of piperidine rings is 1. The van der Waals surface area contributed by atoms with Gasteiger partial charge in [0.25, 0.3) is 5.89 Å². The van der Waals surface area contributed by atoms with Crippen molar-refractivity contribution < 1.29 is 35.6 Å². The van der Waals surface area contributed by atoms with Crippen molar-refractivity contribution in [1.82, 2.24) is 15.1 Å². The Kier molecular flexibility index (Phi) is 7.95. The van der Waals surface area contributed by atoms with Crippen molar-refractivity contribution in [2.45, 2.75) is 38.0 Å². The Morgan fingerprint density at radius 3 is 2.39 bits per heavy atom. The number of hydrogen-bond donors (Lipinski definition) is 0. The van der Waals surface area contributed by atoms with E-state index in [-0.39, 0.29) is 35.3 Å². The molecule has 13 heteroatoms. The molecule has 0 N–H and O–H groups in total. The normalized spacial score (nSPS) is 15.2. The zero-order valence-corrected chi connectivity index (χ0v) is 20.6. The topological polar surface area (TPSA) is 65.7 Å². The largest absolute Gasteiger partial charge is 0.416 e. The molecular formula is C25H25F6N5O2. The molecule has 1 aliphatic rings. The fourth-order valence-corrected chi connectivity index (χ4v) is 4.42. The molecule has 0 atom stereocenters. The van der Waals surface area contributed by atoms with Crippen LogP contribution < -0.4 is 9.80 Å². The van der Waals surface area contributed by atoms with Crippen molar-refractivity contribution in [2.24, 2.45) is 0 Å². The summed E-state index contributed by atoms with van der Waals surface area (Å²) < 4.78 is 86.0. The molecule has 0 spiro atoms. The standard InChI is InChI=1S/C25H25F6N5O2/c1-34-9-7-18(8-10-34)35(2)20-6-5-17(25(29,30)31)12-21(20)36(14-37)13-16-4-3-15(11-19(16)26)23-32-33-24(38-23)22(27)28/h3-6,11-12,14,18,22H,7-10,13H2,1-2H3. The van der Waals surface area contributed by atoms with Gasteiger partial charge in [0.05, 0.1) is 23.5 Å². The van der Waals surface area contributed by atoms with E-state index >= 15 is 0 Å². The third kappa shape index (κ3) is 5.93. The van der Waals surface area contributed by atoms with Crippen LogP contribution in [-0.2, 0) is 17.5 Å². The molecule has 0 unspecified atom stereocenters. The van der Waals surface area contributed by atoms with E-state index in [0.717, 1.165) is 49.0 Å². The lowest BCUT2D eigenvalue weighted by Gasteiger charge is -2.38. The third-order valence-corrected chi connectivity index (χ3v) is 6.62. The smallest absolute Gasteiger partial charge is 0.415 e. The van der Waals surface area contributed by atoms with Crippen LogP contribution in [0.1, 0.15) is 36.3 Å². The van der Waals surface area contributed by atoms with Crippen LogP contribution in [0, 0.1) is 5.82 Å². The molecule has 0 radical (unpaired) electrons. The van der Waals surface area contributed by atoms with Crippen molar-refractivity contribution in [1.29, 1.82) is 0 Å². The molecule has 1 saturated heterocycles. The monoisotopic (exact) mass is 541 g/mol. The predicted octanol–water partition coefficient (Wildman–Crippen LogP) is 5.53. The number of carbonyl (C=O) groups is 1. The Bertz CT molecular complexity index is 1270. The first kappa shape index (κ1) is 27.4. The maximum atomic E-state index is 15.0. The number of hydrogen-bond acceptors (Lipinski definition) is 6. The third-order valence-electron chi connectivity index (χ3n) is 6.62. The number of halogens is 6. The van der Waals surface area contributed by atoms with E-state index < -0.39 is 29.9 Å². The zero-order valence-electron chi connectivity index (χ0n) is 20.6. The minimum atomic E-state index is -4.65. The molecule has 4 rings (SSSR count). The first-order valence-electron chi connectivity index (χ1n) is 11.7. The maximum absolute atomic E-state index is 15.0. The van der Waals surface area contributed by atoms with Gasteiger partial charge in [-0.3, -0.25) is 4.79 Å². The van der Waals surface area contributed by atoms with Gasteiger partial charge in [-0.2, -0.15) is 22.0 Å². The molecule has 2 heterocycles. The number of nitrogens with zero attached hydrogens (tertiary/aromatic N) is 5. The number of amides is 1. The van der Waals surface area contributed by atoms with Crippen molar-refractivity contribution in [3.05, 3.63) is 59.2 Å². The molecule has 204 valence electrons. The van der Waals surface area contributed by atoms with Crippen molar-refractivity contribution in [3.8, 4) is 11.5 Å². The molecule has 38 heavy (non-hydrogen) atoms. The average Bonchev–Trinajstić information content (AvgIpc) is 3.38. The molecule has 2 aromatic carbocycles. The lowest BCUT2D eigenvalue weighted by molar-refractivity contribution is -0.137. The summed E-state index contributed by atoms with van der Waals surface area (Å²) in [5.74, 6) is -2.07. The van der Waals surface area contributed by atoms with Crippen LogP contribution in [0.3, 0.4) is 0 Å². The highest BCUT2D eigenvalue weighted by Gasteiger charge is 2.33. The van der Waals surface area contributed by atoms with Crippen LogP contribution in [0.5, 0.6) is 0 Å². The summed E-state index contributed by atoms with van der Waals surface area (Å²) in [6, 6.07) is 6.79. The van der Waals surface area contributed by atoms with Gasteiger partial charge in [-0.25, -0.2) is 4.39 Å². The second kappa shape index (κ2) is 11.0. The van der Waals surface area contributed by atoms with Crippen molar-refractivity contribution in [3.63, 3.8) is 0 Å². The summed E-state index contributed by atoms with van der Waals surface area (Å²) in [5, 5.41) is 6.67. The van der Waals surface area contributed by atoms with Crippen LogP contribution >= 0.6 is 0 Å². The van der Waals surface area contributed by atoms with Gasteiger partial charge in [-0.15, -0.1) is 10.2 Å². The predicted molar refractivity (Wildman–Crippen MR) is 127 cm³/mol. The van der Waals surface area contributed by atoms with Crippen LogP contribution in [0.4, 0.5) is 37.7 Å². The van der Waals surface area contributed by atoms with E-state index in [1.807, 2.05) is 11.9 Å². The molecular weight excluding hydrogens is 516 g/mol. The minimum Gasteiger partial charge on any atom is -0.415 e. The lowest BCUT2D eigenvalue weighted by Crippen LogP contribution is -2.42. The van der Waals surface area contributed by atoms with Gasteiger partial charge in [0.2, 0.25) is 12.3 Å². The van der Waals surface area contributed by atoms with Gasteiger partial charge in [-0.05, 0) is 63.3 Å². The SMILES string of the molecule is CN1CCC(N(C)c2ccc(C(F)(F)F)cc2N(C=O)Cc2ccc(-c3nnc(C(F)F)o3)cc2F)CC1. The van der Waals surface area contributed by atoms with E-state index in [0.29, 0.717) is 12.1 Å². The van der Waals surface area contributed by atoms with Gasteiger partial charge in [-0.1, -0.05) is 6.07 Å². The highest BCUT2D eigenvalue weighted by atomic mass is 19.4. The number of anilines is 2. The summed E-state index contributed by atoms with van der Waals surface area (Å²) in [7, 11) is 3.75. The van der Waals surface area contributed by atoms with E-state index in [1.165, 1.54) is 18.2 Å². The number of carbonyl (C=O) groups excluding carboxylic acids is 1. The van der Waals surface area contributed by atoms with Gasteiger partial charge >= 0.3 is 12.6 Å². The van der Waals surface area contributed by atoms with Gasteiger partial charge < -0.3 is 19.1 Å². The molecule has 0 aliphatic carbocycles. The van der Waals surface area contributed by atoms with Crippen LogP contribution in [0.2, 0.25) is 0 Å². The Labute approximate surface area is 214 Å². The zero-order chi connectivity index (χ0) is 27.6. The van der Waals surface area contributed by atoms with E-state index in [2.05, 4.69) is 15.1 Å². The number of benzene rings is 2. The van der Waals surface area contributed by atoms with E-state index in [4.69, 9.17) is 4.42 Å². The van der Waals surface area contributed by atoms with Crippen LogP contribution in [0.15, 0.2) is 40.8 Å². The number of aromatic nitrogens is 2. The Morgan fingerprint density at radius 2 is 1.82 bits per heavy atom. The fraction of sp³-hybridized carbons (Fsp3) is 0.400. The second-order valence-corrected chi connectivity index (χ2v) is 9.13. The minimum absolute atomic E-state index is 0.0141. The highest BCUT2D eigenvalue weighted by molar-refractivity contribution is 5.84. The summed E-state index contributed by atoms with van der Waals surface area (Å²) in [4.78, 5) is 17.1.